The topological polar surface area (TPSA) is 69.0 Å². The number of alkyl halides is 3. The Labute approximate surface area is 172 Å². The van der Waals surface area contributed by atoms with Crippen molar-refractivity contribution in [1.82, 2.24) is 10.3 Å². The van der Waals surface area contributed by atoms with Gasteiger partial charge in [0.15, 0.2) is 5.69 Å². The molecule has 1 N–H and O–H groups in total. The average molecular weight is 414 g/mol. The Morgan fingerprint density at radius 1 is 1.23 bits per heavy atom. The number of halogens is 3. The molecule has 1 atom stereocenters. The minimum absolute atomic E-state index is 0.102. The number of anilines is 1. The first-order chi connectivity index (χ1) is 14.3. The van der Waals surface area contributed by atoms with Gasteiger partial charge in [0.25, 0.3) is 0 Å². The maximum Gasteiger partial charge on any atom is 0.419 e. The van der Waals surface area contributed by atoms with Crippen LogP contribution in [0.4, 0.5) is 18.9 Å². The molecule has 2 fully saturated rings. The Morgan fingerprint density at radius 2 is 1.97 bits per heavy atom. The minimum Gasteiger partial charge on any atom is -0.368 e. The second-order valence-corrected chi connectivity index (χ2v) is 7.89. The predicted octanol–water partition coefficient (Wildman–Crippen LogP) is 3.79. The van der Waals surface area contributed by atoms with Gasteiger partial charge in [0.2, 0.25) is 5.91 Å². The average Bonchev–Trinajstić information content (AvgIpc) is 3.46. The number of amides is 1. The molecule has 4 rings (SSSR count). The first-order valence-electron chi connectivity index (χ1n) is 9.94. The van der Waals surface area contributed by atoms with Gasteiger partial charge >= 0.3 is 6.18 Å². The molecule has 1 aliphatic carbocycles. The number of aromatic nitrogens is 1. The Balaban J connectivity index is 1.35. The van der Waals surface area contributed by atoms with Gasteiger partial charge in [0.05, 0.1) is 23.9 Å². The number of hydrogen-bond acceptors (Lipinski definition) is 4. The molecule has 2 aliphatic rings. The van der Waals surface area contributed by atoms with Crippen molar-refractivity contribution in [2.45, 2.75) is 43.8 Å². The van der Waals surface area contributed by atoms with E-state index in [-0.39, 0.29) is 18.4 Å². The summed E-state index contributed by atoms with van der Waals surface area (Å²) in [7, 11) is 0. The number of pyridine rings is 1. The molecule has 1 amide bonds. The first kappa shape index (κ1) is 20.2. The Hall–Kier alpha value is -3.08. The van der Waals surface area contributed by atoms with E-state index in [0.717, 1.165) is 11.6 Å². The summed E-state index contributed by atoms with van der Waals surface area (Å²) in [4.78, 5) is 17.8. The molecule has 0 bridgehead atoms. The van der Waals surface area contributed by atoms with Crippen LogP contribution in [0.2, 0.25) is 0 Å². The van der Waals surface area contributed by atoms with Crippen LogP contribution in [-0.4, -0.2) is 30.0 Å². The lowest BCUT2D eigenvalue weighted by Gasteiger charge is -2.20. The number of nitrogens with zero attached hydrogens (tertiary/aromatic N) is 3. The largest absolute Gasteiger partial charge is 0.419 e. The van der Waals surface area contributed by atoms with Gasteiger partial charge in [-0.25, -0.2) is 4.98 Å². The summed E-state index contributed by atoms with van der Waals surface area (Å²) in [6.45, 7) is 0.906. The molecule has 8 heteroatoms. The number of nitriles is 1. The molecule has 156 valence electrons. The molecule has 0 spiro atoms. The maximum absolute atomic E-state index is 13.2. The Kier molecular flexibility index (Phi) is 5.37. The smallest absolute Gasteiger partial charge is 0.368 e. The molecule has 2 heterocycles. The monoisotopic (exact) mass is 414 g/mol. The van der Waals surface area contributed by atoms with E-state index in [1.165, 1.54) is 30.7 Å². The molecule has 1 unspecified atom stereocenters. The van der Waals surface area contributed by atoms with Crippen molar-refractivity contribution in [1.29, 1.82) is 5.26 Å². The van der Waals surface area contributed by atoms with E-state index in [9.17, 15) is 18.0 Å². The van der Waals surface area contributed by atoms with Gasteiger partial charge in [-0.3, -0.25) is 4.79 Å². The van der Waals surface area contributed by atoms with Gasteiger partial charge in [0, 0.05) is 19.1 Å². The van der Waals surface area contributed by atoms with E-state index in [2.05, 4.69) is 22.4 Å². The van der Waals surface area contributed by atoms with Crippen LogP contribution in [0, 0.1) is 11.3 Å². The third kappa shape index (κ3) is 4.56. The second-order valence-electron chi connectivity index (χ2n) is 7.89. The molecule has 1 saturated heterocycles. The summed E-state index contributed by atoms with van der Waals surface area (Å²) in [5, 5.41) is 11.8. The zero-order chi connectivity index (χ0) is 21.3. The minimum atomic E-state index is -4.64. The first-order valence-corrected chi connectivity index (χ1v) is 9.94. The highest BCUT2D eigenvalue weighted by molar-refractivity contribution is 5.79. The highest BCUT2D eigenvalue weighted by atomic mass is 19.4. The molecule has 1 aromatic carbocycles. The van der Waals surface area contributed by atoms with Crippen molar-refractivity contribution >= 4 is 11.6 Å². The molecule has 1 aliphatic heterocycles. The maximum atomic E-state index is 13.2. The van der Waals surface area contributed by atoms with E-state index in [4.69, 9.17) is 5.26 Å². The summed E-state index contributed by atoms with van der Waals surface area (Å²) >= 11 is 0. The fraction of sp³-hybridized carbons (Fsp3) is 0.409. The van der Waals surface area contributed by atoms with Crippen molar-refractivity contribution in [3.05, 3.63) is 58.9 Å². The molecular weight excluding hydrogens is 393 g/mol. The van der Waals surface area contributed by atoms with Crippen molar-refractivity contribution in [3.63, 3.8) is 0 Å². The third-order valence-electron chi connectivity index (χ3n) is 5.60. The van der Waals surface area contributed by atoms with Gasteiger partial charge in [-0.1, -0.05) is 24.3 Å². The standard InChI is InChI=1S/C22H21F3N4O/c23-22(24,25)19-10-18(12-27-20(19)11-26)29-8-7-17(13-29)28-21(30)9-14-1-3-15(4-2-14)16-5-6-16/h1-4,10,12,16-17H,5-9,13H2,(H,28,30). The Bertz CT molecular complexity index is 977. The predicted molar refractivity (Wildman–Crippen MR) is 105 cm³/mol. The van der Waals surface area contributed by atoms with Crippen LogP contribution in [0.25, 0.3) is 0 Å². The molecule has 30 heavy (non-hydrogen) atoms. The van der Waals surface area contributed by atoms with E-state index < -0.39 is 17.4 Å². The lowest BCUT2D eigenvalue weighted by atomic mass is 10.1. The summed E-state index contributed by atoms with van der Waals surface area (Å²) in [6.07, 6.45) is 0.0101. The van der Waals surface area contributed by atoms with Crippen LogP contribution in [0.1, 0.15) is 47.6 Å². The van der Waals surface area contributed by atoms with Crippen LogP contribution in [0.5, 0.6) is 0 Å². The fourth-order valence-electron chi connectivity index (χ4n) is 3.83. The van der Waals surface area contributed by atoms with Crippen molar-refractivity contribution in [3.8, 4) is 6.07 Å². The SMILES string of the molecule is N#Cc1ncc(N2CCC(NC(=O)Cc3ccc(C4CC4)cc3)C2)cc1C(F)(F)F. The number of carbonyl (C=O) groups is 1. The lowest BCUT2D eigenvalue weighted by Crippen LogP contribution is -2.38. The van der Waals surface area contributed by atoms with Crippen LogP contribution >= 0.6 is 0 Å². The summed E-state index contributed by atoms with van der Waals surface area (Å²) in [6, 6.07) is 10.4. The quantitative estimate of drug-likeness (QED) is 0.808. The van der Waals surface area contributed by atoms with Gasteiger partial charge in [-0.05, 0) is 42.4 Å². The summed E-state index contributed by atoms with van der Waals surface area (Å²) in [5.74, 6) is 0.571. The van der Waals surface area contributed by atoms with Crippen LogP contribution in [-0.2, 0) is 17.4 Å². The Morgan fingerprint density at radius 3 is 2.60 bits per heavy atom. The summed E-state index contributed by atoms with van der Waals surface area (Å²) < 4.78 is 39.5. The second kappa shape index (κ2) is 7.98. The van der Waals surface area contributed by atoms with Gasteiger partial charge in [0.1, 0.15) is 6.07 Å². The summed E-state index contributed by atoms with van der Waals surface area (Å²) in [5.41, 5.74) is 0.888. The van der Waals surface area contributed by atoms with E-state index in [1.54, 1.807) is 4.90 Å². The zero-order valence-corrected chi connectivity index (χ0v) is 16.2. The zero-order valence-electron chi connectivity index (χ0n) is 16.2. The van der Waals surface area contributed by atoms with Gasteiger partial charge in [-0.15, -0.1) is 0 Å². The van der Waals surface area contributed by atoms with Crippen molar-refractivity contribution < 1.29 is 18.0 Å². The van der Waals surface area contributed by atoms with E-state index >= 15 is 0 Å². The molecule has 0 radical (unpaired) electrons. The van der Waals surface area contributed by atoms with Crippen LogP contribution in [0.3, 0.4) is 0 Å². The third-order valence-corrected chi connectivity index (χ3v) is 5.60. The highest BCUT2D eigenvalue weighted by Gasteiger charge is 2.36. The highest BCUT2D eigenvalue weighted by Crippen LogP contribution is 2.40. The van der Waals surface area contributed by atoms with Gasteiger partial charge < -0.3 is 10.2 Å². The van der Waals surface area contributed by atoms with E-state index in [1.807, 2.05) is 12.1 Å². The van der Waals surface area contributed by atoms with Crippen molar-refractivity contribution in [2.24, 2.45) is 0 Å². The fourth-order valence-corrected chi connectivity index (χ4v) is 3.83. The van der Waals surface area contributed by atoms with Gasteiger partial charge in [-0.2, -0.15) is 18.4 Å². The number of rotatable bonds is 5. The molecule has 2 aromatic rings. The number of hydrogen-bond donors (Lipinski definition) is 1. The number of carbonyl (C=O) groups excluding carboxylic acids is 1. The molecular formula is C22H21F3N4O. The number of benzene rings is 1. The molecule has 1 aromatic heterocycles. The molecule has 1 saturated carbocycles. The van der Waals surface area contributed by atoms with Crippen LogP contribution in [0.15, 0.2) is 36.5 Å². The number of nitrogens with one attached hydrogen (secondary N) is 1. The normalized spacial score (nSPS) is 18.9. The van der Waals surface area contributed by atoms with Crippen molar-refractivity contribution in [2.75, 3.05) is 18.0 Å². The van der Waals surface area contributed by atoms with Crippen LogP contribution < -0.4 is 10.2 Å². The molecule has 5 nitrogen and oxygen atoms in total. The lowest BCUT2D eigenvalue weighted by molar-refractivity contribution is -0.138. The van der Waals surface area contributed by atoms with E-state index in [0.29, 0.717) is 31.1 Å².